The molecule has 9 heteroatoms. The van der Waals surface area contributed by atoms with Gasteiger partial charge in [-0.25, -0.2) is 22.5 Å². The van der Waals surface area contributed by atoms with Gasteiger partial charge in [0.1, 0.15) is 5.82 Å². The van der Waals surface area contributed by atoms with Crippen LogP contribution in [0.4, 0.5) is 4.39 Å². The van der Waals surface area contributed by atoms with Gasteiger partial charge in [0.25, 0.3) is 0 Å². The van der Waals surface area contributed by atoms with Crippen LogP contribution in [0.3, 0.4) is 0 Å². The van der Waals surface area contributed by atoms with Crippen molar-refractivity contribution in [2.75, 3.05) is 12.3 Å². The summed E-state index contributed by atoms with van der Waals surface area (Å²) < 4.78 is 39.5. The van der Waals surface area contributed by atoms with Gasteiger partial charge >= 0.3 is 0 Å². The van der Waals surface area contributed by atoms with E-state index in [0.29, 0.717) is 16.7 Å². The maximum absolute atomic E-state index is 12.9. The SMILES string of the molecule is O=S(=O)(NCCSc1n[nH]c(-c2ccccc2)n1)c1ccc(F)cc1. The van der Waals surface area contributed by atoms with E-state index in [1.807, 2.05) is 30.3 Å². The lowest BCUT2D eigenvalue weighted by atomic mass is 10.2. The Balaban J connectivity index is 1.52. The molecule has 0 spiro atoms. The Morgan fingerprint density at radius 3 is 2.52 bits per heavy atom. The van der Waals surface area contributed by atoms with Crippen molar-refractivity contribution in [1.82, 2.24) is 19.9 Å². The zero-order chi connectivity index (χ0) is 17.7. The monoisotopic (exact) mass is 378 g/mol. The number of benzene rings is 2. The zero-order valence-corrected chi connectivity index (χ0v) is 14.6. The Morgan fingerprint density at radius 1 is 1.08 bits per heavy atom. The van der Waals surface area contributed by atoms with Crippen LogP contribution in [0.5, 0.6) is 0 Å². The number of sulfonamides is 1. The van der Waals surface area contributed by atoms with E-state index in [0.717, 1.165) is 17.7 Å². The summed E-state index contributed by atoms with van der Waals surface area (Å²) in [5, 5.41) is 7.50. The zero-order valence-electron chi connectivity index (χ0n) is 13.0. The highest BCUT2D eigenvalue weighted by atomic mass is 32.2. The van der Waals surface area contributed by atoms with Crippen LogP contribution in [-0.2, 0) is 10.0 Å². The minimum Gasteiger partial charge on any atom is -0.258 e. The lowest BCUT2D eigenvalue weighted by molar-refractivity contribution is 0.583. The minimum absolute atomic E-state index is 0.0307. The van der Waals surface area contributed by atoms with Crippen LogP contribution >= 0.6 is 11.8 Å². The molecule has 1 aromatic heterocycles. The number of nitrogens with zero attached hydrogens (tertiary/aromatic N) is 2. The molecular weight excluding hydrogens is 363 g/mol. The van der Waals surface area contributed by atoms with E-state index in [-0.39, 0.29) is 11.4 Å². The molecule has 0 radical (unpaired) electrons. The maximum atomic E-state index is 12.9. The Kier molecular flexibility index (Phi) is 5.47. The van der Waals surface area contributed by atoms with Crippen molar-refractivity contribution in [2.24, 2.45) is 0 Å². The Bertz CT molecular complexity index is 928. The van der Waals surface area contributed by atoms with Gasteiger partial charge in [-0.1, -0.05) is 42.1 Å². The fourth-order valence-electron chi connectivity index (χ4n) is 2.05. The lowest BCUT2D eigenvalue weighted by Crippen LogP contribution is -2.26. The highest BCUT2D eigenvalue weighted by molar-refractivity contribution is 7.99. The van der Waals surface area contributed by atoms with Crippen molar-refractivity contribution in [2.45, 2.75) is 10.1 Å². The smallest absolute Gasteiger partial charge is 0.240 e. The van der Waals surface area contributed by atoms with Crippen LogP contribution in [0, 0.1) is 5.82 Å². The number of nitrogens with one attached hydrogen (secondary N) is 2. The second kappa shape index (κ2) is 7.77. The van der Waals surface area contributed by atoms with E-state index >= 15 is 0 Å². The largest absolute Gasteiger partial charge is 0.258 e. The summed E-state index contributed by atoms with van der Waals surface area (Å²) in [6.07, 6.45) is 0. The number of H-pyrrole nitrogens is 1. The van der Waals surface area contributed by atoms with Crippen molar-refractivity contribution in [1.29, 1.82) is 0 Å². The maximum Gasteiger partial charge on any atom is 0.240 e. The van der Waals surface area contributed by atoms with Crippen LogP contribution in [0.25, 0.3) is 11.4 Å². The third-order valence-electron chi connectivity index (χ3n) is 3.26. The van der Waals surface area contributed by atoms with Crippen molar-refractivity contribution < 1.29 is 12.8 Å². The van der Waals surface area contributed by atoms with Crippen molar-refractivity contribution in [3.63, 3.8) is 0 Å². The summed E-state index contributed by atoms with van der Waals surface area (Å²) >= 11 is 1.33. The Labute approximate surface area is 148 Å². The Morgan fingerprint density at radius 2 is 1.80 bits per heavy atom. The normalized spacial score (nSPS) is 11.6. The molecule has 0 atom stereocenters. The molecule has 0 saturated heterocycles. The van der Waals surface area contributed by atoms with Crippen molar-refractivity contribution in [3.05, 3.63) is 60.4 Å². The third-order valence-corrected chi connectivity index (χ3v) is 5.59. The van der Waals surface area contributed by atoms with E-state index in [1.165, 1.54) is 23.9 Å². The van der Waals surface area contributed by atoms with E-state index < -0.39 is 15.8 Å². The van der Waals surface area contributed by atoms with Crippen LogP contribution < -0.4 is 4.72 Å². The molecule has 0 aliphatic carbocycles. The average Bonchev–Trinajstić information content (AvgIpc) is 3.09. The van der Waals surface area contributed by atoms with Crippen molar-refractivity contribution in [3.8, 4) is 11.4 Å². The second-order valence-electron chi connectivity index (χ2n) is 5.03. The summed E-state index contributed by atoms with van der Waals surface area (Å²) in [6, 6.07) is 14.3. The van der Waals surface area contributed by atoms with E-state index in [9.17, 15) is 12.8 Å². The number of halogens is 1. The molecule has 0 amide bonds. The molecular formula is C16H15FN4O2S2. The first kappa shape index (κ1) is 17.6. The van der Waals surface area contributed by atoms with Crippen LogP contribution in [0.2, 0.25) is 0 Å². The fourth-order valence-corrected chi connectivity index (χ4v) is 3.87. The molecule has 130 valence electrons. The van der Waals surface area contributed by atoms with Gasteiger partial charge in [-0.05, 0) is 24.3 Å². The lowest BCUT2D eigenvalue weighted by Gasteiger charge is -2.05. The summed E-state index contributed by atoms with van der Waals surface area (Å²) in [4.78, 5) is 4.39. The summed E-state index contributed by atoms with van der Waals surface area (Å²) in [5.74, 6) is 0.648. The number of hydrogen-bond donors (Lipinski definition) is 2. The molecule has 2 N–H and O–H groups in total. The molecule has 2 aromatic carbocycles. The van der Waals surface area contributed by atoms with Gasteiger partial charge in [-0.2, -0.15) is 0 Å². The predicted octanol–water partition coefficient (Wildman–Crippen LogP) is 2.68. The van der Waals surface area contributed by atoms with Gasteiger partial charge in [0, 0.05) is 17.9 Å². The van der Waals surface area contributed by atoms with Crippen LogP contribution in [0.1, 0.15) is 0 Å². The van der Waals surface area contributed by atoms with Gasteiger partial charge in [0.05, 0.1) is 4.90 Å². The molecule has 0 aliphatic rings. The van der Waals surface area contributed by atoms with Crippen LogP contribution in [-0.4, -0.2) is 35.9 Å². The summed E-state index contributed by atoms with van der Waals surface area (Å²) in [6.45, 7) is 0.208. The number of rotatable bonds is 7. The highest BCUT2D eigenvalue weighted by Crippen LogP contribution is 2.18. The van der Waals surface area contributed by atoms with Gasteiger partial charge in [0.2, 0.25) is 15.2 Å². The first-order valence-electron chi connectivity index (χ1n) is 7.40. The fraction of sp³-hybridized carbons (Fsp3) is 0.125. The van der Waals surface area contributed by atoms with Crippen LogP contribution in [0.15, 0.2) is 64.6 Å². The first-order chi connectivity index (χ1) is 12.0. The van der Waals surface area contributed by atoms with Gasteiger partial charge in [-0.3, -0.25) is 5.10 Å². The highest BCUT2D eigenvalue weighted by Gasteiger charge is 2.13. The Hall–Kier alpha value is -2.23. The molecule has 0 unspecified atom stereocenters. The van der Waals surface area contributed by atoms with E-state index in [4.69, 9.17) is 0 Å². The topological polar surface area (TPSA) is 87.7 Å². The van der Waals surface area contributed by atoms with Crippen molar-refractivity contribution >= 4 is 21.8 Å². The van der Waals surface area contributed by atoms with Gasteiger partial charge in [0.15, 0.2) is 5.82 Å². The standard InChI is InChI=1S/C16H15FN4O2S2/c17-13-6-8-14(9-7-13)25(22,23)18-10-11-24-16-19-15(20-21-16)12-4-2-1-3-5-12/h1-9,18H,10-11H2,(H,19,20,21). The quantitative estimate of drug-likeness (QED) is 0.487. The second-order valence-corrected chi connectivity index (χ2v) is 7.86. The minimum atomic E-state index is -3.65. The number of hydrogen-bond acceptors (Lipinski definition) is 5. The third kappa shape index (κ3) is 4.65. The number of thioether (sulfide) groups is 1. The predicted molar refractivity (Wildman–Crippen MR) is 94.1 cm³/mol. The van der Waals surface area contributed by atoms with E-state index in [2.05, 4.69) is 19.9 Å². The molecule has 0 saturated carbocycles. The van der Waals surface area contributed by atoms with Gasteiger partial charge < -0.3 is 0 Å². The number of aromatic nitrogens is 3. The summed E-state index contributed by atoms with van der Waals surface area (Å²) in [7, 11) is -3.65. The molecule has 3 aromatic rings. The molecule has 0 aliphatic heterocycles. The average molecular weight is 378 g/mol. The molecule has 0 bridgehead atoms. The molecule has 1 heterocycles. The number of aromatic amines is 1. The van der Waals surface area contributed by atoms with Gasteiger partial charge in [-0.15, -0.1) is 5.10 Å². The molecule has 6 nitrogen and oxygen atoms in total. The molecule has 3 rings (SSSR count). The molecule has 0 fully saturated rings. The first-order valence-corrected chi connectivity index (χ1v) is 9.87. The van der Waals surface area contributed by atoms with E-state index in [1.54, 1.807) is 0 Å². The molecule has 25 heavy (non-hydrogen) atoms. The summed E-state index contributed by atoms with van der Waals surface area (Å²) in [5.41, 5.74) is 0.930.